The first-order valence-corrected chi connectivity index (χ1v) is 11.7. The molecule has 2 heterocycles. The summed E-state index contributed by atoms with van der Waals surface area (Å²) in [6, 6.07) is 29.4. The minimum atomic E-state index is 0. The summed E-state index contributed by atoms with van der Waals surface area (Å²) in [6.07, 6.45) is 3.88. The Labute approximate surface area is 214 Å². The van der Waals surface area contributed by atoms with Crippen LogP contribution < -0.4 is 0 Å². The van der Waals surface area contributed by atoms with Gasteiger partial charge < -0.3 is 4.57 Å². The molecule has 0 saturated heterocycles. The van der Waals surface area contributed by atoms with Gasteiger partial charge in [0.1, 0.15) is 0 Å². The Balaban J connectivity index is 0.000000181. The van der Waals surface area contributed by atoms with Crippen molar-refractivity contribution in [3.8, 4) is 22.6 Å². The zero-order valence-corrected chi connectivity index (χ0v) is 22.5. The number of hydrogen-bond acceptors (Lipinski definition) is 3. The molecular formula is C28H27IrN3S-2. The molecule has 0 aliphatic carbocycles. The Morgan fingerprint density at radius 1 is 0.879 bits per heavy atom. The SMILES string of the molecule is CC(C)c1cc[c-]c(-c2nccn2C(C)C)c1.[Ir].[c-]1ccccc1-c1nsc2ccccc12. The molecule has 0 saturated carbocycles. The standard InChI is InChI=1S/C15H19N2.C13H8NS.Ir/c1-11(2)13-6-5-7-14(10-13)15-16-8-9-17(15)12(3)4;1-2-6-10(7-3-1)13-11-8-4-5-9-12(11)15-14-13;/h5-6,8-12H,1-4H3;1-6,8-9H;/q2*-1;. The first-order valence-electron chi connectivity index (χ1n) is 10.9. The molecule has 0 atom stereocenters. The van der Waals surface area contributed by atoms with Gasteiger partial charge in [0.15, 0.2) is 0 Å². The molecule has 0 spiro atoms. The molecule has 5 heteroatoms. The number of imidazole rings is 1. The second kappa shape index (κ2) is 11.5. The van der Waals surface area contributed by atoms with Crippen molar-refractivity contribution in [2.45, 2.75) is 39.7 Å². The van der Waals surface area contributed by atoms with E-state index in [1.54, 1.807) is 0 Å². The molecule has 0 unspecified atom stereocenters. The van der Waals surface area contributed by atoms with Crippen LogP contribution in [0.1, 0.15) is 45.2 Å². The molecule has 171 valence electrons. The summed E-state index contributed by atoms with van der Waals surface area (Å²) >= 11 is 1.54. The van der Waals surface area contributed by atoms with Crippen molar-refractivity contribution >= 4 is 21.6 Å². The van der Waals surface area contributed by atoms with Gasteiger partial charge in [-0.15, -0.1) is 71.3 Å². The Morgan fingerprint density at radius 3 is 2.36 bits per heavy atom. The van der Waals surface area contributed by atoms with Gasteiger partial charge in [-0.1, -0.05) is 32.0 Å². The maximum absolute atomic E-state index is 4.48. The first-order chi connectivity index (χ1) is 15.5. The third-order valence-corrected chi connectivity index (χ3v) is 6.13. The minimum Gasteiger partial charge on any atom is -0.368 e. The number of aromatic nitrogens is 3. The van der Waals surface area contributed by atoms with Crippen LogP contribution in [0.25, 0.3) is 32.7 Å². The van der Waals surface area contributed by atoms with Gasteiger partial charge in [0.25, 0.3) is 0 Å². The summed E-state index contributed by atoms with van der Waals surface area (Å²) in [7, 11) is 0. The quantitative estimate of drug-likeness (QED) is 0.190. The molecule has 2 aromatic heterocycles. The van der Waals surface area contributed by atoms with Gasteiger partial charge in [0, 0.05) is 48.9 Å². The number of hydrogen-bond donors (Lipinski definition) is 0. The normalized spacial score (nSPS) is 10.7. The average molecular weight is 630 g/mol. The molecule has 5 rings (SSSR count). The summed E-state index contributed by atoms with van der Waals surface area (Å²) in [5.41, 5.74) is 4.51. The maximum Gasteiger partial charge on any atom is 0.0560 e. The van der Waals surface area contributed by atoms with E-state index in [0.717, 1.165) is 22.6 Å². The van der Waals surface area contributed by atoms with Crippen LogP contribution in [0.4, 0.5) is 0 Å². The Bertz CT molecular complexity index is 1290. The fourth-order valence-corrected chi connectivity index (χ4v) is 4.32. The summed E-state index contributed by atoms with van der Waals surface area (Å²) in [6.45, 7) is 8.73. The molecule has 0 bridgehead atoms. The predicted molar refractivity (Wildman–Crippen MR) is 135 cm³/mol. The van der Waals surface area contributed by atoms with Gasteiger partial charge in [-0.05, 0) is 42.8 Å². The summed E-state index contributed by atoms with van der Waals surface area (Å²) < 4.78 is 7.88. The van der Waals surface area contributed by atoms with E-state index in [4.69, 9.17) is 0 Å². The van der Waals surface area contributed by atoms with E-state index in [1.165, 1.54) is 27.2 Å². The van der Waals surface area contributed by atoms with Gasteiger partial charge in [-0.2, -0.15) is 0 Å². The molecule has 0 amide bonds. The largest absolute Gasteiger partial charge is 0.368 e. The predicted octanol–water partition coefficient (Wildman–Crippen LogP) is 7.82. The van der Waals surface area contributed by atoms with E-state index in [1.807, 2.05) is 54.9 Å². The van der Waals surface area contributed by atoms with E-state index in [2.05, 4.69) is 78.0 Å². The van der Waals surface area contributed by atoms with Crippen molar-refractivity contribution in [2.24, 2.45) is 0 Å². The van der Waals surface area contributed by atoms with Crippen LogP contribution in [-0.4, -0.2) is 13.9 Å². The first kappa shape index (κ1) is 25.0. The van der Waals surface area contributed by atoms with Crippen molar-refractivity contribution in [1.82, 2.24) is 13.9 Å². The van der Waals surface area contributed by atoms with Gasteiger partial charge in [0.2, 0.25) is 0 Å². The van der Waals surface area contributed by atoms with E-state index in [-0.39, 0.29) is 20.1 Å². The monoisotopic (exact) mass is 630 g/mol. The molecule has 0 N–H and O–H groups in total. The smallest absolute Gasteiger partial charge is 0.0560 e. The molecule has 0 aliphatic rings. The van der Waals surface area contributed by atoms with Crippen LogP contribution in [0.2, 0.25) is 0 Å². The van der Waals surface area contributed by atoms with Crippen molar-refractivity contribution in [3.05, 3.63) is 96.8 Å². The molecule has 3 aromatic carbocycles. The van der Waals surface area contributed by atoms with E-state index < -0.39 is 0 Å². The van der Waals surface area contributed by atoms with Gasteiger partial charge in [-0.3, -0.25) is 4.98 Å². The average Bonchev–Trinajstić information content (AvgIpc) is 3.48. The maximum atomic E-state index is 4.48. The van der Waals surface area contributed by atoms with Crippen molar-refractivity contribution in [2.75, 3.05) is 0 Å². The number of rotatable bonds is 4. The molecule has 0 fully saturated rings. The van der Waals surface area contributed by atoms with Gasteiger partial charge >= 0.3 is 0 Å². The summed E-state index contributed by atoms with van der Waals surface area (Å²) in [5, 5.41) is 1.21. The topological polar surface area (TPSA) is 30.7 Å². The Hall–Kier alpha value is -2.59. The zero-order chi connectivity index (χ0) is 22.5. The van der Waals surface area contributed by atoms with Gasteiger partial charge in [0.05, 0.1) is 5.82 Å². The van der Waals surface area contributed by atoms with Crippen LogP contribution in [0.3, 0.4) is 0 Å². The van der Waals surface area contributed by atoms with E-state index in [0.29, 0.717) is 12.0 Å². The molecule has 1 radical (unpaired) electrons. The molecule has 3 nitrogen and oxygen atoms in total. The minimum absolute atomic E-state index is 0. The van der Waals surface area contributed by atoms with Crippen molar-refractivity contribution in [1.29, 1.82) is 0 Å². The second-order valence-corrected chi connectivity index (χ2v) is 9.05. The summed E-state index contributed by atoms with van der Waals surface area (Å²) in [5.74, 6) is 1.54. The molecule has 33 heavy (non-hydrogen) atoms. The second-order valence-electron chi connectivity index (χ2n) is 8.25. The van der Waals surface area contributed by atoms with Crippen LogP contribution in [0.15, 0.2) is 79.1 Å². The Morgan fingerprint density at radius 2 is 1.64 bits per heavy atom. The number of nitrogens with zero attached hydrogens (tertiary/aromatic N) is 3. The molecule has 5 aromatic rings. The van der Waals surface area contributed by atoms with E-state index in [9.17, 15) is 0 Å². The third kappa shape index (κ3) is 5.86. The molecule has 0 aliphatic heterocycles. The molecular weight excluding hydrogens is 603 g/mol. The van der Waals surface area contributed by atoms with Crippen molar-refractivity contribution < 1.29 is 20.1 Å². The van der Waals surface area contributed by atoms with Crippen LogP contribution in [-0.2, 0) is 20.1 Å². The van der Waals surface area contributed by atoms with Crippen LogP contribution in [0, 0.1) is 12.1 Å². The fourth-order valence-electron chi connectivity index (χ4n) is 3.53. The van der Waals surface area contributed by atoms with Crippen molar-refractivity contribution in [3.63, 3.8) is 0 Å². The van der Waals surface area contributed by atoms with Gasteiger partial charge in [-0.25, -0.2) is 4.37 Å². The third-order valence-electron chi connectivity index (χ3n) is 5.30. The number of benzene rings is 3. The van der Waals surface area contributed by atoms with Crippen LogP contribution in [0.5, 0.6) is 0 Å². The fraction of sp³-hybridized carbons (Fsp3) is 0.214. The zero-order valence-electron chi connectivity index (χ0n) is 19.2. The summed E-state index contributed by atoms with van der Waals surface area (Å²) in [4.78, 5) is 4.44. The Kier molecular flexibility index (Phi) is 8.73. The van der Waals surface area contributed by atoms with E-state index >= 15 is 0 Å². The number of fused-ring (bicyclic) bond motifs is 1. The van der Waals surface area contributed by atoms with Crippen LogP contribution >= 0.6 is 11.5 Å².